The normalized spacial score (nSPS) is 11.7. The minimum absolute atomic E-state index is 0.601. The SMILES string of the molecule is Cc1cn(-c2ccc(C(F)(F)F)cc2)nc1N(C)C. The fraction of sp³-hybridized carbons (Fsp3) is 0.308. The lowest BCUT2D eigenvalue weighted by atomic mass is 10.2. The van der Waals surface area contributed by atoms with E-state index < -0.39 is 11.7 Å². The van der Waals surface area contributed by atoms with E-state index in [2.05, 4.69) is 5.10 Å². The van der Waals surface area contributed by atoms with Gasteiger partial charge in [-0.15, -0.1) is 0 Å². The van der Waals surface area contributed by atoms with E-state index in [4.69, 9.17) is 0 Å². The minimum atomic E-state index is -4.31. The fourth-order valence-electron chi connectivity index (χ4n) is 1.83. The number of alkyl halides is 3. The molecule has 0 unspecified atom stereocenters. The summed E-state index contributed by atoms with van der Waals surface area (Å²) >= 11 is 0. The molecule has 0 aliphatic rings. The highest BCUT2D eigenvalue weighted by Crippen LogP contribution is 2.29. The van der Waals surface area contributed by atoms with Crippen LogP contribution in [0, 0.1) is 6.92 Å². The van der Waals surface area contributed by atoms with Gasteiger partial charge in [-0.25, -0.2) is 4.68 Å². The Kier molecular flexibility index (Phi) is 3.26. The van der Waals surface area contributed by atoms with E-state index >= 15 is 0 Å². The zero-order valence-electron chi connectivity index (χ0n) is 10.9. The standard InChI is InChI=1S/C13H14F3N3/c1-9-8-19(17-12(9)18(2)3)11-6-4-10(5-7-11)13(14,15)16/h4-8H,1-3H3. The van der Waals surface area contributed by atoms with Crippen LogP contribution in [-0.4, -0.2) is 23.9 Å². The van der Waals surface area contributed by atoms with Crippen LogP contribution in [0.15, 0.2) is 30.5 Å². The molecule has 0 bridgehead atoms. The number of benzene rings is 1. The Hall–Kier alpha value is -1.98. The van der Waals surface area contributed by atoms with Crippen LogP contribution in [-0.2, 0) is 6.18 Å². The van der Waals surface area contributed by atoms with Crippen LogP contribution < -0.4 is 4.90 Å². The molecular formula is C13H14F3N3. The third-order valence-corrected chi connectivity index (χ3v) is 2.75. The minimum Gasteiger partial charge on any atom is -0.361 e. The van der Waals surface area contributed by atoms with Gasteiger partial charge < -0.3 is 4.90 Å². The maximum atomic E-state index is 12.5. The average Bonchev–Trinajstić information content (AvgIpc) is 2.70. The molecule has 102 valence electrons. The van der Waals surface area contributed by atoms with Crippen molar-refractivity contribution >= 4 is 5.82 Å². The van der Waals surface area contributed by atoms with Crippen LogP contribution in [0.25, 0.3) is 5.69 Å². The van der Waals surface area contributed by atoms with Crippen LogP contribution in [0.4, 0.5) is 19.0 Å². The Morgan fingerprint density at radius 3 is 2.11 bits per heavy atom. The first kappa shape index (κ1) is 13.5. The first-order valence-electron chi connectivity index (χ1n) is 5.70. The maximum Gasteiger partial charge on any atom is 0.416 e. The molecule has 0 radical (unpaired) electrons. The molecule has 2 rings (SSSR count). The monoisotopic (exact) mass is 269 g/mol. The second-order valence-corrected chi connectivity index (χ2v) is 4.52. The van der Waals surface area contributed by atoms with Crippen molar-refractivity contribution in [2.45, 2.75) is 13.1 Å². The summed E-state index contributed by atoms with van der Waals surface area (Å²) in [6.45, 7) is 1.91. The molecule has 0 amide bonds. The molecule has 0 saturated heterocycles. The van der Waals surface area contributed by atoms with E-state index in [9.17, 15) is 13.2 Å². The molecule has 19 heavy (non-hydrogen) atoms. The maximum absolute atomic E-state index is 12.5. The van der Waals surface area contributed by atoms with E-state index in [1.165, 1.54) is 12.1 Å². The summed E-state index contributed by atoms with van der Waals surface area (Å²) in [7, 11) is 3.73. The molecule has 0 aliphatic carbocycles. The number of hydrogen-bond donors (Lipinski definition) is 0. The van der Waals surface area contributed by atoms with Gasteiger partial charge in [0.1, 0.15) is 0 Å². The topological polar surface area (TPSA) is 21.1 Å². The largest absolute Gasteiger partial charge is 0.416 e. The molecule has 0 fully saturated rings. The summed E-state index contributed by atoms with van der Waals surface area (Å²) in [5.41, 5.74) is 0.905. The van der Waals surface area contributed by atoms with Crippen molar-refractivity contribution in [1.82, 2.24) is 9.78 Å². The first-order valence-corrected chi connectivity index (χ1v) is 5.70. The van der Waals surface area contributed by atoms with Gasteiger partial charge in [0, 0.05) is 25.9 Å². The van der Waals surface area contributed by atoms with Gasteiger partial charge in [0.25, 0.3) is 0 Å². The molecule has 0 atom stereocenters. The highest BCUT2D eigenvalue weighted by molar-refractivity contribution is 5.46. The van der Waals surface area contributed by atoms with Crippen LogP contribution in [0.2, 0.25) is 0 Å². The average molecular weight is 269 g/mol. The van der Waals surface area contributed by atoms with E-state index in [0.29, 0.717) is 5.69 Å². The quantitative estimate of drug-likeness (QED) is 0.834. The summed E-state index contributed by atoms with van der Waals surface area (Å²) in [5.74, 6) is 0.792. The molecule has 6 heteroatoms. The van der Waals surface area contributed by atoms with Crippen LogP contribution in [0.1, 0.15) is 11.1 Å². The number of anilines is 1. The molecule has 0 N–H and O–H groups in total. The number of nitrogens with zero attached hydrogens (tertiary/aromatic N) is 3. The second-order valence-electron chi connectivity index (χ2n) is 4.52. The van der Waals surface area contributed by atoms with E-state index in [1.54, 1.807) is 10.9 Å². The Balaban J connectivity index is 2.35. The molecule has 1 heterocycles. The smallest absolute Gasteiger partial charge is 0.361 e. The lowest BCUT2D eigenvalue weighted by molar-refractivity contribution is -0.137. The highest BCUT2D eigenvalue weighted by Gasteiger charge is 2.30. The Labute approximate surface area is 109 Å². The number of aromatic nitrogens is 2. The molecular weight excluding hydrogens is 255 g/mol. The fourth-order valence-corrected chi connectivity index (χ4v) is 1.83. The Morgan fingerprint density at radius 2 is 1.68 bits per heavy atom. The number of hydrogen-bond acceptors (Lipinski definition) is 2. The first-order chi connectivity index (χ1) is 8.79. The molecule has 2 aromatic rings. The zero-order chi connectivity index (χ0) is 14.2. The third kappa shape index (κ3) is 2.72. The second kappa shape index (κ2) is 4.60. The van der Waals surface area contributed by atoms with Gasteiger partial charge in [0.15, 0.2) is 5.82 Å². The Morgan fingerprint density at radius 1 is 1.11 bits per heavy atom. The van der Waals surface area contributed by atoms with Gasteiger partial charge in [0.2, 0.25) is 0 Å². The van der Waals surface area contributed by atoms with Crippen molar-refractivity contribution < 1.29 is 13.2 Å². The van der Waals surface area contributed by atoms with E-state index in [1.807, 2.05) is 25.9 Å². The molecule has 0 spiro atoms. The lowest BCUT2D eigenvalue weighted by Crippen LogP contribution is -2.11. The van der Waals surface area contributed by atoms with Crippen molar-refractivity contribution in [3.05, 3.63) is 41.6 Å². The predicted octanol–water partition coefficient (Wildman–Crippen LogP) is 3.27. The van der Waals surface area contributed by atoms with Gasteiger partial charge in [-0.1, -0.05) is 0 Å². The van der Waals surface area contributed by atoms with Gasteiger partial charge in [-0.2, -0.15) is 18.3 Å². The summed E-state index contributed by atoms with van der Waals surface area (Å²) in [5, 5.41) is 4.33. The van der Waals surface area contributed by atoms with Gasteiger partial charge >= 0.3 is 6.18 Å². The molecule has 1 aromatic carbocycles. The van der Waals surface area contributed by atoms with Crippen LogP contribution in [0.5, 0.6) is 0 Å². The van der Waals surface area contributed by atoms with Crippen LogP contribution in [0.3, 0.4) is 0 Å². The van der Waals surface area contributed by atoms with Crippen molar-refractivity contribution in [3.63, 3.8) is 0 Å². The van der Waals surface area contributed by atoms with Crippen molar-refractivity contribution in [3.8, 4) is 5.69 Å². The molecule has 3 nitrogen and oxygen atoms in total. The summed E-state index contributed by atoms with van der Waals surface area (Å²) in [6.07, 6.45) is -2.52. The number of halogens is 3. The summed E-state index contributed by atoms with van der Waals surface area (Å²) in [4.78, 5) is 1.86. The third-order valence-electron chi connectivity index (χ3n) is 2.75. The zero-order valence-corrected chi connectivity index (χ0v) is 10.9. The van der Waals surface area contributed by atoms with Crippen LogP contribution >= 0.6 is 0 Å². The number of rotatable bonds is 2. The van der Waals surface area contributed by atoms with Crippen molar-refractivity contribution in [1.29, 1.82) is 0 Å². The van der Waals surface area contributed by atoms with Crippen molar-refractivity contribution in [2.24, 2.45) is 0 Å². The van der Waals surface area contributed by atoms with Gasteiger partial charge in [-0.05, 0) is 31.2 Å². The van der Waals surface area contributed by atoms with E-state index in [0.717, 1.165) is 23.5 Å². The van der Waals surface area contributed by atoms with Gasteiger partial charge in [-0.3, -0.25) is 0 Å². The van der Waals surface area contributed by atoms with E-state index in [-0.39, 0.29) is 0 Å². The molecule has 0 aliphatic heterocycles. The highest BCUT2D eigenvalue weighted by atomic mass is 19.4. The van der Waals surface area contributed by atoms with Gasteiger partial charge in [0.05, 0.1) is 11.3 Å². The van der Waals surface area contributed by atoms with Crippen molar-refractivity contribution in [2.75, 3.05) is 19.0 Å². The molecule has 0 saturated carbocycles. The summed E-state index contributed by atoms with van der Waals surface area (Å²) < 4.78 is 39.0. The summed E-state index contributed by atoms with van der Waals surface area (Å²) in [6, 6.07) is 4.94. The molecule has 1 aromatic heterocycles. The lowest BCUT2D eigenvalue weighted by Gasteiger charge is -2.09. The Bertz CT molecular complexity index is 568. The predicted molar refractivity (Wildman–Crippen MR) is 67.6 cm³/mol. The number of aryl methyl sites for hydroxylation is 1.